The van der Waals surface area contributed by atoms with Crippen LogP contribution in [-0.2, 0) is 10.3 Å². The summed E-state index contributed by atoms with van der Waals surface area (Å²) in [6, 6.07) is 27.5. The molecule has 2 heterocycles. The van der Waals surface area contributed by atoms with Gasteiger partial charge in [-0.1, -0.05) is 62.6 Å². The normalized spacial score (nSPS) is 16.5. The average molecular weight is 553 g/mol. The Morgan fingerprint density at radius 3 is 2.33 bits per heavy atom. The molecule has 1 N–H and O–H groups in total. The SMILES string of the molecule is CCCCN(CCCC)c1ccc2c(c1)Oc1ccc(Nc3cccc(Cl)c3)cc1C21OC(=O)c2ccccc21. The number of anilines is 3. The number of hydrogen-bond donors (Lipinski definition) is 1. The van der Waals surface area contributed by atoms with Crippen LogP contribution in [0.3, 0.4) is 0 Å². The second-order valence-corrected chi connectivity index (χ2v) is 10.9. The fraction of sp³-hybridized carbons (Fsp3) is 0.265. The van der Waals surface area contributed by atoms with Crippen LogP contribution in [0.15, 0.2) is 84.9 Å². The minimum absolute atomic E-state index is 0.334. The van der Waals surface area contributed by atoms with Crippen molar-refractivity contribution in [1.29, 1.82) is 0 Å². The molecule has 6 rings (SSSR count). The van der Waals surface area contributed by atoms with Crippen molar-refractivity contribution in [1.82, 2.24) is 0 Å². The third kappa shape index (κ3) is 4.58. The summed E-state index contributed by atoms with van der Waals surface area (Å²) in [6.45, 7) is 6.42. The Morgan fingerprint density at radius 2 is 1.55 bits per heavy atom. The van der Waals surface area contributed by atoms with Gasteiger partial charge in [0.2, 0.25) is 0 Å². The molecule has 1 atom stereocenters. The first-order chi connectivity index (χ1) is 19.5. The van der Waals surface area contributed by atoms with E-state index in [1.165, 1.54) is 0 Å². The molecule has 0 bridgehead atoms. The van der Waals surface area contributed by atoms with Gasteiger partial charge in [-0.2, -0.15) is 0 Å². The predicted molar refractivity (Wildman–Crippen MR) is 161 cm³/mol. The summed E-state index contributed by atoms with van der Waals surface area (Å²) >= 11 is 6.22. The monoisotopic (exact) mass is 552 g/mol. The van der Waals surface area contributed by atoms with E-state index in [1.807, 2.05) is 66.7 Å². The van der Waals surface area contributed by atoms with E-state index in [0.29, 0.717) is 22.1 Å². The van der Waals surface area contributed by atoms with Gasteiger partial charge in [0, 0.05) is 57.9 Å². The minimum atomic E-state index is -1.11. The Hall–Kier alpha value is -3.96. The minimum Gasteiger partial charge on any atom is -0.456 e. The summed E-state index contributed by atoms with van der Waals surface area (Å²) in [4.78, 5) is 15.7. The predicted octanol–water partition coefficient (Wildman–Crippen LogP) is 9.06. The van der Waals surface area contributed by atoms with Gasteiger partial charge in [-0.25, -0.2) is 4.79 Å². The molecule has 2 aliphatic heterocycles. The van der Waals surface area contributed by atoms with Crippen molar-refractivity contribution in [3.63, 3.8) is 0 Å². The first-order valence-corrected chi connectivity index (χ1v) is 14.5. The lowest BCUT2D eigenvalue weighted by Gasteiger charge is -2.37. The summed E-state index contributed by atoms with van der Waals surface area (Å²) in [5.41, 5.74) is 4.73. The first kappa shape index (κ1) is 26.3. The second kappa shape index (κ2) is 10.9. The van der Waals surface area contributed by atoms with Gasteiger partial charge < -0.3 is 19.7 Å². The van der Waals surface area contributed by atoms with Crippen molar-refractivity contribution in [2.75, 3.05) is 23.3 Å². The molecule has 1 spiro atoms. The Balaban J connectivity index is 1.48. The lowest BCUT2D eigenvalue weighted by Crippen LogP contribution is -2.33. The van der Waals surface area contributed by atoms with Crippen molar-refractivity contribution in [2.24, 2.45) is 0 Å². The molecule has 0 saturated heterocycles. The number of carbonyl (C=O) groups is 1. The number of nitrogens with one attached hydrogen (secondary N) is 1. The van der Waals surface area contributed by atoms with Crippen LogP contribution in [-0.4, -0.2) is 19.1 Å². The van der Waals surface area contributed by atoms with Gasteiger partial charge >= 0.3 is 5.97 Å². The summed E-state index contributed by atoms with van der Waals surface area (Å²) < 4.78 is 13.0. The summed E-state index contributed by atoms with van der Waals surface area (Å²) in [7, 11) is 0. The van der Waals surface area contributed by atoms with Crippen LogP contribution < -0.4 is 15.0 Å². The molecule has 40 heavy (non-hydrogen) atoms. The lowest BCUT2D eigenvalue weighted by atomic mass is 9.77. The van der Waals surface area contributed by atoms with Crippen LogP contribution in [0, 0.1) is 0 Å². The van der Waals surface area contributed by atoms with Crippen molar-refractivity contribution in [2.45, 2.75) is 45.1 Å². The number of carbonyl (C=O) groups excluding carboxylic acids is 1. The van der Waals surface area contributed by atoms with Crippen LogP contribution in [0.4, 0.5) is 17.1 Å². The third-order valence-corrected chi connectivity index (χ3v) is 7.97. The molecule has 0 saturated carbocycles. The fourth-order valence-corrected chi connectivity index (χ4v) is 5.93. The van der Waals surface area contributed by atoms with E-state index in [1.54, 1.807) is 0 Å². The van der Waals surface area contributed by atoms with Gasteiger partial charge in [-0.05, 0) is 67.4 Å². The molecular weight excluding hydrogens is 520 g/mol. The number of unbranched alkanes of at least 4 members (excludes halogenated alkanes) is 2. The van der Waals surface area contributed by atoms with E-state index >= 15 is 0 Å². The van der Waals surface area contributed by atoms with Crippen LogP contribution in [0.2, 0.25) is 5.02 Å². The van der Waals surface area contributed by atoms with Gasteiger partial charge in [0.15, 0.2) is 5.60 Å². The zero-order valence-corrected chi connectivity index (χ0v) is 23.6. The molecule has 1 unspecified atom stereocenters. The van der Waals surface area contributed by atoms with E-state index < -0.39 is 5.60 Å². The Kier molecular flexibility index (Phi) is 7.16. The quantitative estimate of drug-likeness (QED) is 0.210. The van der Waals surface area contributed by atoms with Crippen molar-refractivity contribution in [3.05, 3.63) is 112 Å². The maximum atomic E-state index is 13.3. The zero-order chi connectivity index (χ0) is 27.7. The zero-order valence-electron chi connectivity index (χ0n) is 22.9. The van der Waals surface area contributed by atoms with Crippen LogP contribution in [0.5, 0.6) is 11.5 Å². The maximum absolute atomic E-state index is 13.3. The van der Waals surface area contributed by atoms with Crippen LogP contribution in [0.1, 0.15) is 66.6 Å². The summed E-state index contributed by atoms with van der Waals surface area (Å²) in [5, 5.41) is 4.09. The van der Waals surface area contributed by atoms with E-state index in [4.69, 9.17) is 21.1 Å². The van der Waals surface area contributed by atoms with E-state index in [-0.39, 0.29) is 5.97 Å². The van der Waals surface area contributed by atoms with E-state index in [0.717, 1.165) is 72.5 Å². The molecule has 4 aromatic carbocycles. The number of fused-ring (bicyclic) bond motifs is 6. The molecule has 0 amide bonds. The number of esters is 1. The number of benzene rings is 4. The number of rotatable bonds is 9. The number of hydrogen-bond acceptors (Lipinski definition) is 5. The molecule has 204 valence electrons. The van der Waals surface area contributed by atoms with Crippen LogP contribution >= 0.6 is 11.6 Å². The molecular formula is C34H33ClN2O3. The molecule has 0 aromatic heterocycles. The molecule has 2 aliphatic rings. The van der Waals surface area contributed by atoms with Crippen molar-refractivity contribution >= 4 is 34.6 Å². The Morgan fingerprint density at radius 1 is 0.775 bits per heavy atom. The standard InChI is InChI=1S/C34H33ClN2O3/c1-3-5-18-37(19-6-4-2)26-15-16-29-32(22-26)39-31-17-14-25(36-24-11-9-10-23(35)20-24)21-30(31)34(29)28-13-8-7-12-27(28)33(38)40-34/h7-17,20-22,36H,3-6,18-19H2,1-2H3. The highest BCUT2D eigenvalue weighted by Crippen LogP contribution is 2.57. The first-order valence-electron chi connectivity index (χ1n) is 14.1. The number of nitrogens with zero attached hydrogens (tertiary/aromatic N) is 1. The number of halogens is 1. The van der Waals surface area contributed by atoms with Gasteiger partial charge in [0.1, 0.15) is 11.5 Å². The van der Waals surface area contributed by atoms with E-state index in [9.17, 15) is 4.79 Å². The molecule has 0 radical (unpaired) electrons. The highest BCUT2D eigenvalue weighted by Gasteiger charge is 2.53. The topological polar surface area (TPSA) is 50.8 Å². The molecule has 6 heteroatoms. The highest BCUT2D eigenvalue weighted by atomic mass is 35.5. The Labute approximate surface area is 240 Å². The molecule has 4 aromatic rings. The van der Waals surface area contributed by atoms with Crippen LogP contribution in [0.25, 0.3) is 0 Å². The van der Waals surface area contributed by atoms with Gasteiger partial charge in [0.05, 0.1) is 5.56 Å². The van der Waals surface area contributed by atoms with Crippen molar-refractivity contribution in [3.8, 4) is 11.5 Å². The average Bonchev–Trinajstić information content (AvgIpc) is 3.26. The summed E-state index contributed by atoms with van der Waals surface area (Å²) in [6.07, 6.45) is 4.53. The van der Waals surface area contributed by atoms with Gasteiger partial charge in [0.25, 0.3) is 0 Å². The third-order valence-electron chi connectivity index (χ3n) is 7.74. The largest absolute Gasteiger partial charge is 0.456 e. The molecule has 0 fully saturated rings. The van der Waals surface area contributed by atoms with E-state index in [2.05, 4.69) is 42.3 Å². The van der Waals surface area contributed by atoms with Gasteiger partial charge in [-0.15, -0.1) is 0 Å². The smallest absolute Gasteiger partial charge is 0.340 e. The highest BCUT2D eigenvalue weighted by molar-refractivity contribution is 6.30. The second-order valence-electron chi connectivity index (χ2n) is 10.4. The lowest BCUT2D eigenvalue weighted by molar-refractivity contribution is 0.0224. The number of ether oxygens (including phenoxy) is 2. The Bertz CT molecular complexity index is 1560. The molecule has 0 aliphatic carbocycles. The maximum Gasteiger partial charge on any atom is 0.340 e. The molecule has 5 nitrogen and oxygen atoms in total. The fourth-order valence-electron chi connectivity index (χ4n) is 5.74. The summed E-state index contributed by atoms with van der Waals surface area (Å²) in [5.74, 6) is 1.04. The van der Waals surface area contributed by atoms with Crippen molar-refractivity contribution < 1.29 is 14.3 Å². The van der Waals surface area contributed by atoms with Gasteiger partial charge in [-0.3, -0.25) is 0 Å².